The number of rotatable bonds is 10. The number of anilines is 2. The van der Waals surface area contributed by atoms with E-state index in [4.69, 9.17) is 33.3 Å². The summed E-state index contributed by atoms with van der Waals surface area (Å²) in [5.41, 5.74) is 0.831. The van der Waals surface area contributed by atoms with Crippen molar-refractivity contribution in [3.8, 4) is 0 Å². The molecule has 1 heterocycles. The van der Waals surface area contributed by atoms with Crippen LogP contribution in [0.25, 0.3) is 0 Å². The molecule has 0 radical (unpaired) electrons. The van der Waals surface area contributed by atoms with Crippen LogP contribution >= 0.6 is 23.2 Å². The Kier molecular flexibility index (Phi) is 7.94. The minimum Gasteiger partial charge on any atom is -0.405 e. The Hall–Kier alpha value is -2.00. The summed E-state index contributed by atoms with van der Waals surface area (Å²) in [6, 6.07) is 5.21. The van der Waals surface area contributed by atoms with Gasteiger partial charge in [-0.1, -0.05) is 29.3 Å². The molecular weight excluding hydrogens is 403 g/mol. The molecule has 0 fully saturated rings. The van der Waals surface area contributed by atoms with Gasteiger partial charge >= 0.3 is 0 Å². The summed E-state index contributed by atoms with van der Waals surface area (Å²) >= 11 is 11.9. The Balaban J connectivity index is 1.99. The van der Waals surface area contributed by atoms with E-state index >= 15 is 0 Å². The lowest BCUT2D eigenvalue weighted by molar-refractivity contribution is 0.0589. The molecule has 0 saturated heterocycles. The molecule has 1 aromatic heterocycles. The number of halogens is 2. The van der Waals surface area contributed by atoms with Crippen molar-refractivity contribution in [2.75, 3.05) is 30.4 Å². The molecule has 8 nitrogen and oxygen atoms in total. The van der Waals surface area contributed by atoms with Crippen molar-refractivity contribution < 1.29 is 9.84 Å². The second-order valence-electron chi connectivity index (χ2n) is 6.71. The Morgan fingerprint density at radius 2 is 2.07 bits per heavy atom. The van der Waals surface area contributed by atoms with Crippen molar-refractivity contribution in [2.24, 2.45) is 0 Å². The predicted octanol–water partition coefficient (Wildman–Crippen LogP) is 0.0273. The summed E-state index contributed by atoms with van der Waals surface area (Å²) < 4.78 is 5.33. The van der Waals surface area contributed by atoms with Crippen LogP contribution in [0, 0.1) is 5.41 Å². The van der Waals surface area contributed by atoms with Crippen LogP contribution in [-0.2, 0) is 11.3 Å². The summed E-state index contributed by atoms with van der Waals surface area (Å²) in [5.74, 6) is 0.235. The van der Waals surface area contributed by atoms with Crippen molar-refractivity contribution in [1.82, 2.24) is 9.97 Å². The third-order valence-corrected chi connectivity index (χ3v) is 4.27. The van der Waals surface area contributed by atoms with E-state index < -0.39 is 11.0 Å². The summed E-state index contributed by atoms with van der Waals surface area (Å²) in [6.07, 6.45) is 1.000. The average molecular weight is 424 g/mol. The minimum atomic E-state index is -0.916. The van der Waals surface area contributed by atoms with Gasteiger partial charge in [0.25, 0.3) is 5.56 Å². The van der Waals surface area contributed by atoms with Crippen molar-refractivity contribution in [3.63, 3.8) is 0 Å². The lowest BCUT2D eigenvalue weighted by atomic mass is 9.66. The Bertz CT molecular complexity index is 890. The molecule has 0 atom stereocenters. The van der Waals surface area contributed by atoms with E-state index in [1.165, 1.54) is 0 Å². The molecule has 2 rings (SSSR count). The number of benzene rings is 1. The first-order valence-corrected chi connectivity index (χ1v) is 9.32. The maximum Gasteiger partial charge on any atom is 0.276 e. The van der Waals surface area contributed by atoms with Crippen LogP contribution < -0.4 is 16.2 Å². The third kappa shape index (κ3) is 6.87. The lowest BCUT2D eigenvalue weighted by Crippen LogP contribution is -2.36. The van der Waals surface area contributed by atoms with Gasteiger partial charge < -0.3 is 25.9 Å². The van der Waals surface area contributed by atoms with Crippen LogP contribution in [0.5, 0.6) is 0 Å². The van der Waals surface area contributed by atoms with Gasteiger partial charge in [0.05, 0.1) is 23.3 Å². The first-order valence-electron chi connectivity index (χ1n) is 8.56. The molecule has 2 aromatic rings. The van der Waals surface area contributed by atoms with E-state index in [9.17, 15) is 9.90 Å². The topological polar surface area (TPSA) is 123 Å². The highest BCUT2D eigenvalue weighted by Crippen LogP contribution is 2.22. The van der Waals surface area contributed by atoms with Crippen molar-refractivity contribution >= 4 is 56.7 Å². The molecule has 5 N–H and O–H groups in total. The standard InChI is InChI=1S/C16H21B2Cl2N5O3/c17-16(18,27)8-28-4-3-22-13-12(6-21)24-15(25-14(13)26)23-7-9-1-2-10(19)11(20)5-9/h1-2,5-6,21-22,27H,3-4,7-8,17-18H2,(H2,23,24,25,26). The number of H-pyrrole nitrogens is 1. The van der Waals surface area contributed by atoms with Crippen molar-refractivity contribution in [2.45, 2.75) is 11.9 Å². The molecule has 0 aliphatic rings. The van der Waals surface area contributed by atoms with Crippen molar-refractivity contribution in [3.05, 3.63) is 49.9 Å². The van der Waals surface area contributed by atoms with Crippen molar-refractivity contribution in [1.29, 1.82) is 5.41 Å². The third-order valence-electron chi connectivity index (χ3n) is 3.53. The number of nitrogens with one attached hydrogen (secondary N) is 4. The Morgan fingerprint density at radius 3 is 2.71 bits per heavy atom. The van der Waals surface area contributed by atoms with Gasteiger partial charge in [0.15, 0.2) is 0 Å². The first kappa shape index (κ1) is 22.3. The fourth-order valence-electron chi connectivity index (χ4n) is 2.26. The average Bonchev–Trinajstić information content (AvgIpc) is 2.62. The van der Waals surface area contributed by atoms with Crippen LogP contribution in [-0.4, -0.2) is 62.1 Å². The van der Waals surface area contributed by atoms with Crippen LogP contribution in [0.1, 0.15) is 11.3 Å². The van der Waals surface area contributed by atoms with Gasteiger partial charge in [0.1, 0.15) is 27.1 Å². The second kappa shape index (κ2) is 9.97. The van der Waals surface area contributed by atoms with Crippen LogP contribution in [0.4, 0.5) is 11.6 Å². The normalized spacial score (nSPS) is 11.2. The minimum absolute atomic E-state index is 0.179. The van der Waals surface area contributed by atoms with Gasteiger partial charge in [0, 0.05) is 24.7 Å². The molecule has 0 aliphatic carbocycles. The Morgan fingerprint density at radius 1 is 1.32 bits per heavy atom. The van der Waals surface area contributed by atoms with E-state index in [1.807, 2.05) is 0 Å². The second-order valence-corrected chi connectivity index (χ2v) is 7.53. The zero-order chi connectivity index (χ0) is 20.7. The number of aromatic nitrogens is 2. The molecule has 0 aliphatic heterocycles. The smallest absolute Gasteiger partial charge is 0.276 e. The van der Waals surface area contributed by atoms with E-state index in [2.05, 4.69) is 20.6 Å². The fraction of sp³-hybridized carbons (Fsp3) is 0.312. The summed E-state index contributed by atoms with van der Waals surface area (Å²) in [5, 5.41) is 23.0. The van der Waals surface area contributed by atoms with Gasteiger partial charge in [-0.3, -0.25) is 9.78 Å². The number of hydrogen-bond donors (Lipinski definition) is 5. The van der Waals surface area contributed by atoms with Gasteiger partial charge in [-0.15, -0.1) is 0 Å². The van der Waals surface area contributed by atoms with E-state index in [0.717, 1.165) is 11.8 Å². The number of aromatic amines is 1. The number of aliphatic hydroxyl groups is 1. The monoisotopic (exact) mass is 423 g/mol. The molecule has 0 spiro atoms. The van der Waals surface area contributed by atoms with Crippen LogP contribution in [0.15, 0.2) is 23.0 Å². The molecular formula is C16H21B2Cl2N5O3. The van der Waals surface area contributed by atoms with Gasteiger partial charge in [-0.05, 0) is 17.7 Å². The van der Waals surface area contributed by atoms with E-state index in [0.29, 0.717) is 23.1 Å². The lowest BCUT2D eigenvalue weighted by Gasteiger charge is -2.17. The first-order chi connectivity index (χ1) is 13.2. The van der Waals surface area contributed by atoms with Crippen LogP contribution in [0.2, 0.25) is 10.0 Å². The van der Waals surface area contributed by atoms with Crippen LogP contribution in [0.3, 0.4) is 0 Å². The number of ether oxygens (including phenoxy) is 1. The van der Waals surface area contributed by atoms with E-state index in [-0.39, 0.29) is 30.5 Å². The molecule has 0 bridgehead atoms. The molecule has 0 unspecified atom stereocenters. The number of hydrogen-bond acceptors (Lipinski definition) is 7. The molecule has 12 heteroatoms. The largest absolute Gasteiger partial charge is 0.405 e. The summed E-state index contributed by atoms with van der Waals surface area (Å²) in [6.45, 7) is 1.17. The molecule has 1 aromatic carbocycles. The highest BCUT2D eigenvalue weighted by Gasteiger charge is 2.13. The molecule has 28 heavy (non-hydrogen) atoms. The fourth-order valence-corrected chi connectivity index (χ4v) is 2.58. The predicted molar refractivity (Wildman–Crippen MR) is 118 cm³/mol. The van der Waals surface area contributed by atoms with Gasteiger partial charge in [-0.2, -0.15) is 0 Å². The maximum atomic E-state index is 12.3. The van der Waals surface area contributed by atoms with E-state index in [1.54, 1.807) is 33.9 Å². The quantitative estimate of drug-likeness (QED) is 0.209. The highest BCUT2D eigenvalue weighted by atomic mass is 35.5. The molecule has 0 amide bonds. The zero-order valence-corrected chi connectivity index (χ0v) is 17.1. The van der Waals surface area contributed by atoms with Gasteiger partial charge in [-0.25, -0.2) is 4.98 Å². The summed E-state index contributed by atoms with van der Waals surface area (Å²) in [4.78, 5) is 19.2. The SMILES string of the molecule is BC(B)(O)COCCNc1c(C=N)nc(NCc2ccc(Cl)c(Cl)c2)[nH]c1=O. The molecule has 148 valence electrons. The molecule has 0 saturated carbocycles. The highest BCUT2D eigenvalue weighted by molar-refractivity contribution is 6.42. The summed E-state index contributed by atoms with van der Waals surface area (Å²) in [7, 11) is 3.29. The maximum absolute atomic E-state index is 12.3. The number of nitrogens with zero attached hydrogens (tertiary/aromatic N) is 1. The zero-order valence-electron chi connectivity index (χ0n) is 15.6. The van der Waals surface area contributed by atoms with Gasteiger partial charge in [0.2, 0.25) is 5.95 Å². The Labute approximate surface area is 174 Å².